The minimum atomic E-state index is -0.408. The number of amides is 1. The van der Waals surface area contributed by atoms with Gasteiger partial charge in [0.25, 0.3) is 5.91 Å². The van der Waals surface area contributed by atoms with Crippen LogP contribution in [0.3, 0.4) is 0 Å². The van der Waals surface area contributed by atoms with E-state index in [4.69, 9.17) is 5.41 Å². The summed E-state index contributed by atoms with van der Waals surface area (Å²) in [6.45, 7) is 8.33. The van der Waals surface area contributed by atoms with Crippen molar-refractivity contribution in [3.8, 4) is 5.69 Å². The van der Waals surface area contributed by atoms with Crippen molar-refractivity contribution < 1.29 is 4.79 Å². The summed E-state index contributed by atoms with van der Waals surface area (Å²) in [5.74, 6) is 0.428. The van der Waals surface area contributed by atoms with E-state index < -0.39 is 5.91 Å². The molecule has 176 valence electrons. The van der Waals surface area contributed by atoms with E-state index in [0.29, 0.717) is 10.3 Å². The van der Waals surface area contributed by atoms with Crippen LogP contribution in [-0.2, 0) is 10.5 Å². The fourth-order valence-electron chi connectivity index (χ4n) is 4.25. The number of carbonyl (C=O) groups is 1. The van der Waals surface area contributed by atoms with Gasteiger partial charge in [-0.2, -0.15) is 9.39 Å². The molecule has 2 aliphatic heterocycles. The summed E-state index contributed by atoms with van der Waals surface area (Å²) in [6, 6.07) is 18.5. The molecule has 0 fully saturated rings. The van der Waals surface area contributed by atoms with E-state index >= 15 is 0 Å². The van der Waals surface area contributed by atoms with E-state index in [-0.39, 0.29) is 11.4 Å². The Hall–Kier alpha value is -3.36. The molecule has 2 aromatic carbocycles. The smallest absolute Gasteiger partial charge is 0.283 e. The monoisotopic (exact) mass is 499 g/mol. The molecular formula is C27H25N5OS2. The van der Waals surface area contributed by atoms with Crippen molar-refractivity contribution in [2.45, 2.75) is 33.4 Å². The first-order valence-corrected chi connectivity index (χ1v) is 13.0. The number of aliphatic imine (C=N–C) groups is 1. The summed E-state index contributed by atoms with van der Waals surface area (Å²) < 4.78 is 6.69. The molecule has 6 nitrogen and oxygen atoms in total. The fraction of sp³-hybridized carbons (Fsp3) is 0.185. The molecule has 0 atom stereocenters. The summed E-state index contributed by atoms with van der Waals surface area (Å²) in [7, 11) is 0. The van der Waals surface area contributed by atoms with Crippen LogP contribution in [0.1, 0.15) is 33.6 Å². The van der Waals surface area contributed by atoms with E-state index in [0.717, 1.165) is 40.3 Å². The molecule has 0 radical (unpaired) electrons. The highest BCUT2D eigenvalue weighted by atomic mass is 32.2. The maximum atomic E-state index is 12.9. The molecule has 2 aliphatic rings. The number of carbonyl (C=O) groups excluding carboxylic acids is 1. The predicted molar refractivity (Wildman–Crippen MR) is 147 cm³/mol. The van der Waals surface area contributed by atoms with Gasteiger partial charge in [0.1, 0.15) is 5.84 Å². The van der Waals surface area contributed by atoms with Crippen LogP contribution in [0.25, 0.3) is 11.8 Å². The lowest BCUT2D eigenvalue weighted by Crippen LogP contribution is -2.41. The van der Waals surface area contributed by atoms with Crippen LogP contribution >= 0.6 is 23.7 Å². The number of hydrogen-bond donors (Lipinski definition) is 1. The number of nitrogens with zero attached hydrogens (tertiary/aromatic N) is 4. The van der Waals surface area contributed by atoms with Gasteiger partial charge in [-0.3, -0.25) is 10.2 Å². The highest BCUT2D eigenvalue weighted by Gasteiger charge is 2.37. The van der Waals surface area contributed by atoms with Gasteiger partial charge in [0.15, 0.2) is 5.17 Å². The molecule has 1 aromatic heterocycles. The number of aryl methyl sites for hydroxylation is 2. The van der Waals surface area contributed by atoms with Gasteiger partial charge in [-0.05, 0) is 68.2 Å². The average molecular weight is 500 g/mol. The van der Waals surface area contributed by atoms with Gasteiger partial charge in [-0.15, -0.1) is 0 Å². The van der Waals surface area contributed by atoms with E-state index in [1.807, 2.05) is 25.1 Å². The Balaban J connectivity index is 1.46. The molecule has 1 N–H and O–H groups in total. The van der Waals surface area contributed by atoms with Crippen molar-refractivity contribution >= 4 is 51.9 Å². The Morgan fingerprint density at radius 3 is 2.60 bits per heavy atom. The van der Waals surface area contributed by atoms with Crippen LogP contribution < -0.4 is 0 Å². The molecule has 35 heavy (non-hydrogen) atoms. The number of nitrogens with one attached hydrogen (secondary N) is 1. The van der Waals surface area contributed by atoms with Crippen molar-refractivity contribution in [2.75, 3.05) is 0 Å². The van der Waals surface area contributed by atoms with Crippen molar-refractivity contribution in [3.63, 3.8) is 0 Å². The lowest BCUT2D eigenvalue weighted by molar-refractivity contribution is -0.114. The van der Waals surface area contributed by atoms with Gasteiger partial charge in [0, 0.05) is 22.8 Å². The molecule has 0 aliphatic carbocycles. The molecule has 0 saturated heterocycles. The first kappa shape index (κ1) is 23.4. The molecule has 0 spiro atoms. The maximum absolute atomic E-state index is 12.9. The van der Waals surface area contributed by atoms with Gasteiger partial charge in [0.2, 0.25) is 5.17 Å². The molecule has 5 rings (SSSR count). The number of amidine groups is 3. The Morgan fingerprint density at radius 1 is 1.06 bits per heavy atom. The number of thioether (sulfide) groups is 1. The molecule has 1 amide bonds. The minimum absolute atomic E-state index is 0.112. The Kier molecular flexibility index (Phi) is 6.25. The standard InChI is InChI=1S/C27H25N5OS2/c1-16-9-8-12-23(18(16)3)31-17(2)13-21(19(31)4)14-22-24(28)32-26(29-25(22)33)35-30-27(32)34-15-20-10-6-5-7-11-20/h5-14,28H,15H2,1-4H3. The summed E-state index contributed by atoms with van der Waals surface area (Å²) >= 11 is 2.68. The second-order valence-electron chi connectivity index (χ2n) is 8.56. The predicted octanol–water partition coefficient (Wildman–Crippen LogP) is 6.22. The highest BCUT2D eigenvalue weighted by Crippen LogP contribution is 2.34. The molecule has 3 aromatic rings. The lowest BCUT2D eigenvalue weighted by atomic mass is 10.1. The second kappa shape index (κ2) is 9.36. The van der Waals surface area contributed by atoms with Crippen LogP contribution in [0.4, 0.5) is 0 Å². The van der Waals surface area contributed by atoms with Crippen LogP contribution in [0.15, 0.2) is 69.6 Å². The third kappa shape index (κ3) is 4.28. The van der Waals surface area contributed by atoms with Gasteiger partial charge in [-0.1, -0.05) is 54.2 Å². The normalized spacial score (nSPS) is 16.6. The zero-order valence-corrected chi connectivity index (χ0v) is 21.6. The Labute approximate surface area is 213 Å². The molecular weight excluding hydrogens is 474 g/mol. The maximum Gasteiger partial charge on any atom is 0.283 e. The van der Waals surface area contributed by atoms with Crippen molar-refractivity contribution in [1.29, 1.82) is 5.41 Å². The zero-order chi connectivity index (χ0) is 24.7. The van der Waals surface area contributed by atoms with E-state index in [1.54, 1.807) is 11.0 Å². The third-order valence-corrected chi connectivity index (χ3v) is 8.12. The SMILES string of the molecule is Cc1cccc(-n2c(C)cc(C=C3C(=N)N4C(SCc5ccccc5)=NSC4=NC3=O)c2C)c1C. The molecule has 0 unspecified atom stereocenters. The molecule has 0 bridgehead atoms. The van der Waals surface area contributed by atoms with Crippen molar-refractivity contribution in [2.24, 2.45) is 9.39 Å². The molecule has 0 saturated carbocycles. The van der Waals surface area contributed by atoms with Gasteiger partial charge in [0.05, 0.1) is 17.5 Å². The van der Waals surface area contributed by atoms with Crippen LogP contribution in [0.2, 0.25) is 0 Å². The third-order valence-electron chi connectivity index (χ3n) is 6.29. The number of rotatable bonds is 4. The van der Waals surface area contributed by atoms with Gasteiger partial charge in [-0.25, -0.2) is 4.90 Å². The lowest BCUT2D eigenvalue weighted by Gasteiger charge is -2.24. The Bertz CT molecular complexity index is 1450. The second-order valence-corrected chi connectivity index (χ2v) is 10.2. The zero-order valence-electron chi connectivity index (χ0n) is 20.0. The first-order chi connectivity index (χ1) is 16.8. The number of hydrogen-bond acceptors (Lipinski definition) is 5. The molecule has 8 heteroatoms. The number of benzene rings is 2. The summed E-state index contributed by atoms with van der Waals surface area (Å²) in [5.41, 5.74) is 7.99. The fourth-order valence-corrected chi connectivity index (χ4v) is 6.05. The van der Waals surface area contributed by atoms with Crippen LogP contribution in [0.5, 0.6) is 0 Å². The van der Waals surface area contributed by atoms with E-state index in [1.165, 1.54) is 28.5 Å². The average Bonchev–Trinajstić information content (AvgIpc) is 3.37. The quantitative estimate of drug-likeness (QED) is 0.342. The minimum Gasteiger partial charge on any atom is -0.318 e. The Morgan fingerprint density at radius 2 is 1.83 bits per heavy atom. The summed E-state index contributed by atoms with van der Waals surface area (Å²) in [6.07, 6.45) is 1.79. The first-order valence-electron chi connectivity index (χ1n) is 11.3. The van der Waals surface area contributed by atoms with Gasteiger partial charge >= 0.3 is 0 Å². The number of aromatic nitrogens is 1. The topological polar surface area (TPSA) is 73.8 Å². The largest absolute Gasteiger partial charge is 0.318 e. The summed E-state index contributed by atoms with van der Waals surface area (Å²) in [4.78, 5) is 18.8. The van der Waals surface area contributed by atoms with Crippen molar-refractivity contribution in [3.05, 3.63) is 93.8 Å². The van der Waals surface area contributed by atoms with Crippen LogP contribution in [0, 0.1) is 33.1 Å². The highest BCUT2D eigenvalue weighted by molar-refractivity contribution is 8.18. The van der Waals surface area contributed by atoms with Gasteiger partial charge < -0.3 is 4.57 Å². The number of fused-ring (bicyclic) bond motifs is 1. The van der Waals surface area contributed by atoms with Crippen LogP contribution in [-0.4, -0.2) is 31.5 Å². The van der Waals surface area contributed by atoms with E-state index in [9.17, 15) is 4.79 Å². The summed E-state index contributed by atoms with van der Waals surface area (Å²) in [5, 5.41) is 9.97. The molecule has 3 heterocycles. The van der Waals surface area contributed by atoms with Crippen molar-refractivity contribution in [1.82, 2.24) is 9.47 Å². The van der Waals surface area contributed by atoms with E-state index in [2.05, 4.69) is 71.1 Å².